The average Bonchev–Trinajstić information content (AvgIpc) is 2.67. The van der Waals surface area contributed by atoms with E-state index in [0.29, 0.717) is 0 Å². The molecule has 22 heavy (non-hydrogen) atoms. The highest BCUT2D eigenvalue weighted by Crippen LogP contribution is 2.56. The normalized spacial score (nSPS) is 23.1. The largest absolute Gasteiger partial charge is 0.462 e. The van der Waals surface area contributed by atoms with Crippen LogP contribution in [0.1, 0.15) is 6.42 Å². The third kappa shape index (κ3) is 3.15. The van der Waals surface area contributed by atoms with E-state index in [1.165, 1.54) is 22.6 Å². The lowest BCUT2D eigenvalue weighted by Gasteiger charge is -2.35. The Morgan fingerprint density at radius 1 is 1.14 bits per heavy atom. The Balaban J connectivity index is 3.10. The summed E-state index contributed by atoms with van der Waals surface area (Å²) in [6.07, 6.45) is -1.98. The predicted molar refractivity (Wildman–Crippen MR) is 66.8 cm³/mol. The van der Waals surface area contributed by atoms with Gasteiger partial charge in [0.05, 0.1) is 6.61 Å². The molecule has 1 aliphatic heterocycles. The van der Waals surface area contributed by atoms with Crippen LogP contribution in [0.3, 0.4) is 0 Å². The number of carbonyl (C=O) groups excluding carboxylic acids is 1. The molecule has 0 saturated carbocycles. The third-order valence-corrected chi connectivity index (χ3v) is 3.83. The molecule has 0 aliphatic carbocycles. The molecule has 128 valence electrons. The number of carbonyl (C=O) groups is 1. The maximum absolute atomic E-state index is 13.5. The standard InChI is InChI=1S/C10H6ClF8IO2/c11-10(18,19)9(16,17)8(14,15)7(12,13)1-4-3-22-6(21)5(4)2-20/h2,4H,1,3H2/b5-2+. The van der Waals surface area contributed by atoms with E-state index in [4.69, 9.17) is 0 Å². The van der Waals surface area contributed by atoms with Gasteiger partial charge in [-0.3, -0.25) is 0 Å². The van der Waals surface area contributed by atoms with Gasteiger partial charge < -0.3 is 4.74 Å². The van der Waals surface area contributed by atoms with Crippen LogP contribution in [0.15, 0.2) is 9.66 Å². The summed E-state index contributed by atoms with van der Waals surface area (Å²) in [6, 6.07) is 0. The van der Waals surface area contributed by atoms with E-state index in [2.05, 4.69) is 16.3 Å². The van der Waals surface area contributed by atoms with Gasteiger partial charge in [0.25, 0.3) is 0 Å². The molecule has 1 saturated heterocycles. The molecule has 0 N–H and O–H groups in total. The first-order chi connectivity index (χ1) is 9.69. The van der Waals surface area contributed by atoms with Crippen LogP contribution in [0, 0.1) is 5.92 Å². The second-order valence-electron chi connectivity index (χ2n) is 4.41. The van der Waals surface area contributed by atoms with Crippen molar-refractivity contribution >= 4 is 40.2 Å². The van der Waals surface area contributed by atoms with Crippen molar-refractivity contribution in [2.45, 2.75) is 29.6 Å². The van der Waals surface area contributed by atoms with Crippen LogP contribution in [0.5, 0.6) is 0 Å². The molecule has 12 heteroatoms. The van der Waals surface area contributed by atoms with E-state index in [0.717, 1.165) is 4.08 Å². The summed E-state index contributed by atoms with van der Waals surface area (Å²) in [6.45, 7) is -0.748. The smallest absolute Gasteiger partial charge is 0.392 e. The van der Waals surface area contributed by atoms with Crippen molar-refractivity contribution in [3.63, 3.8) is 0 Å². The summed E-state index contributed by atoms with van der Waals surface area (Å²) in [5.74, 6) is -21.2. The molecule has 0 aromatic rings. The summed E-state index contributed by atoms with van der Waals surface area (Å²) >= 11 is 5.26. The maximum atomic E-state index is 13.5. The molecular formula is C10H6ClF8IO2. The Morgan fingerprint density at radius 2 is 1.64 bits per heavy atom. The zero-order valence-corrected chi connectivity index (χ0v) is 13.1. The van der Waals surface area contributed by atoms with Crippen molar-refractivity contribution in [2.75, 3.05) is 6.61 Å². The summed E-state index contributed by atoms with van der Waals surface area (Å²) in [4.78, 5) is 11.1. The van der Waals surface area contributed by atoms with Crippen molar-refractivity contribution in [1.29, 1.82) is 0 Å². The molecule has 2 nitrogen and oxygen atoms in total. The van der Waals surface area contributed by atoms with Gasteiger partial charge in [0.2, 0.25) is 0 Å². The van der Waals surface area contributed by atoms with Crippen molar-refractivity contribution in [2.24, 2.45) is 5.92 Å². The highest BCUT2D eigenvalue weighted by molar-refractivity contribution is 14.1. The number of alkyl halides is 9. The van der Waals surface area contributed by atoms with Crippen LogP contribution in [0.4, 0.5) is 35.1 Å². The molecular weight excluding hydrogens is 466 g/mol. The Labute approximate surface area is 136 Å². The van der Waals surface area contributed by atoms with Crippen molar-refractivity contribution in [1.82, 2.24) is 0 Å². The SMILES string of the molecule is O=C1OCC(CC(F)(F)C(F)(F)C(F)(F)C(F)(F)Cl)/C1=C\I. The number of hydrogen-bond acceptors (Lipinski definition) is 2. The van der Waals surface area contributed by atoms with E-state index >= 15 is 0 Å². The molecule has 0 radical (unpaired) electrons. The Morgan fingerprint density at radius 3 is 2.05 bits per heavy atom. The molecule has 0 aromatic carbocycles. The number of halogens is 10. The minimum Gasteiger partial charge on any atom is -0.462 e. The van der Waals surface area contributed by atoms with Crippen LogP contribution in [0.2, 0.25) is 0 Å². The Bertz CT molecular complexity index is 488. The molecule has 0 bridgehead atoms. The molecule has 1 unspecified atom stereocenters. The van der Waals surface area contributed by atoms with Crippen molar-refractivity contribution in [3.05, 3.63) is 9.66 Å². The monoisotopic (exact) mass is 472 g/mol. The topological polar surface area (TPSA) is 26.3 Å². The van der Waals surface area contributed by atoms with Crippen LogP contribution in [-0.2, 0) is 9.53 Å². The number of ether oxygens (including phenoxy) is 1. The fourth-order valence-electron chi connectivity index (χ4n) is 1.66. The van der Waals surface area contributed by atoms with Gasteiger partial charge >= 0.3 is 29.1 Å². The van der Waals surface area contributed by atoms with E-state index in [1.54, 1.807) is 0 Å². The first-order valence-corrected chi connectivity index (χ1v) is 6.99. The number of hydrogen-bond donors (Lipinski definition) is 0. The molecule has 1 fully saturated rings. The summed E-state index contributed by atoms with van der Waals surface area (Å²) in [5.41, 5.74) is -0.433. The average molecular weight is 472 g/mol. The fourth-order valence-corrected chi connectivity index (χ4v) is 2.55. The number of esters is 1. The fraction of sp³-hybridized carbons (Fsp3) is 0.700. The zero-order valence-electron chi connectivity index (χ0n) is 10.2. The summed E-state index contributed by atoms with van der Waals surface area (Å²) in [5, 5.41) is -5.89. The number of rotatable bonds is 5. The van der Waals surface area contributed by atoms with Crippen LogP contribution in [0.25, 0.3) is 0 Å². The first-order valence-electron chi connectivity index (χ1n) is 5.36. The van der Waals surface area contributed by atoms with E-state index in [-0.39, 0.29) is 0 Å². The van der Waals surface area contributed by atoms with E-state index in [1.807, 2.05) is 0 Å². The molecule has 0 spiro atoms. The van der Waals surface area contributed by atoms with Crippen molar-refractivity contribution < 1.29 is 44.7 Å². The van der Waals surface area contributed by atoms with Gasteiger partial charge in [-0.1, -0.05) is 22.6 Å². The van der Waals surface area contributed by atoms with Gasteiger partial charge in [-0.25, -0.2) is 4.79 Å². The third-order valence-electron chi connectivity index (χ3n) is 2.92. The molecule has 0 amide bonds. The maximum Gasteiger partial charge on any atom is 0.392 e. The highest BCUT2D eigenvalue weighted by Gasteiger charge is 2.80. The van der Waals surface area contributed by atoms with E-state index in [9.17, 15) is 39.9 Å². The van der Waals surface area contributed by atoms with Gasteiger partial charge in [0, 0.05) is 17.9 Å². The van der Waals surface area contributed by atoms with Crippen LogP contribution >= 0.6 is 34.2 Å². The zero-order chi connectivity index (χ0) is 17.6. The van der Waals surface area contributed by atoms with Gasteiger partial charge in [-0.15, -0.1) is 0 Å². The van der Waals surface area contributed by atoms with Crippen LogP contribution < -0.4 is 0 Å². The number of cyclic esters (lactones) is 1. The minimum atomic E-state index is -6.50. The van der Waals surface area contributed by atoms with Gasteiger partial charge in [0.1, 0.15) is 0 Å². The van der Waals surface area contributed by atoms with E-state index < -0.39 is 53.6 Å². The second-order valence-corrected chi connectivity index (χ2v) is 5.51. The van der Waals surface area contributed by atoms with Crippen molar-refractivity contribution in [3.8, 4) is 0 Å². The quantitative estimate of drug-likeness (QED) is 0.192. The first kappa shape index (κ1) is 19.7. The second kappa shape index (κ2) is 5.95. The molecule has 1 rings (SSSR count). The lowest BCUT2D eigenvalue weighted by Crippen LogP contribution is -2.60. The molecule has 0 aromatic heterocycles. The van der Waals surface area contributed by atoms with Gasteiger partial charge in [-0.05, 0) is 15.7 Å². The Kier molecular flexibility index (Phi) is 5.33. The Hall–Kier alpha value is -0.330. The summed E-state index contributed by atoms with van der Waals surface area (Å²) < 4.78 is 109. The molecule has 1 heterocycles. The lowest BCUT2D eigenvalue weighted by atomic mass is 9.91. The molecule has 1 aliphatic rings. The predicted octanol–water partition coefficient (Wildman–Crippen LogP) is 4.61. The highest BCUT2D eigenvalue weighted by atomic mass is 127. The molecule has 1 atom stereocenters. The van der Waals surface area contributed by atoms with Gasteiger partial charge in [0.15, 0.2) is 0 Å². The lowest BCUT2D eigenvalue weighted by molar-refractivity contribution is -0.350. The minimum absolute atomic E-state index is 0.433. The van der Waals surface area contributed by atoms with Gasteiger partial charge in [-0.2, -0.15) is 35.1 Å². The van der Waals surface area contributed by atoms with Crippen LogP contribution in [-0.4, -0.2) is 35.7 Å². The summed E-state index contributed by atoms with van der Waals surface area (Å²) in [7, 11) is 0.